The Morgan fingerprint density at radius 2 is 2.20 bits per heavy atom. The van der Waals surface area contributed by atoms with Crippen LogP contribution < -0.4 is 10.1 Å². The number of benzene rings is 1. The minimum atomic E-state index is 0.136. The van der Waals surface area contributed by atoms with Crippen LogP contribution in [0.15, 0.2) is 24.3 Å². The first kappa shape index (κ1) is 15.3. The molecular formula is C16H25NO3. The van der Waals surface area contributed by atoms with Gasteiger partial charge in [0.2, 0.25) is 0 Å². The summed E-state index contributed by atoms with van der Waals surface area (Å²) in [5.41, 5.74) is 1.13. The molecule has 1 saturated carbocycles. The van der Waals surface area contributed by atoms with Crippen LogP contribution in [0.5, 0.6) is 5.75 Å². The zero-order chi connectivity index (χ0) is 14.4. The predicted molar refractivity (Wildman–Crippen MR) is 79.1 cm³/mol. The summed E-state index contributed by atoms with van der Waals surface area (Å²) in [6.07, 6.45) is 2.30. The number of nitrogens with one attached hydrogen (secondary N) is 1. The highest BCUT2D eigenvalue weighted by atomic mass is 16.5. The predicted octanol–water partition coefficient (Wildman–Crippen LogP) is 2.37. The second-order valence-corrected chi connectivity index (χ2v) is 5.20. The lowest BCUT2D eigenvalue weighted by Gasteiger charge is -2.43. The van der Waals surface area contributed by atoms with E-state index >= 15 is 0 Å². The van der Waals surface area contributed by atoms with Gasteiger partial charge in [0.05, 0.1) is 6.61 Å². The van der Waals surface area contributed by atoms with E-state index in [1.54, 1.807) is 7.11 Å². The van der Waals surface area contributed by atoms with Gasteiger partial charge in [-0.25, -0.2) is 0 Å². The zero-order valence-corrected chi connectivity index (χ0v) is 12.6. The molecule has 0 aliphatic heterocycles. The summed E-state index contributed by atoms with van der Waals surface area (Å²) in [7, 11) is 3.67. The van der Waals surface area contributed by atoms with Gasteiger partial charge >= 0.3 is 0 Å². The van der Waals surface area contributed by atoms with Crippen LogP contribution in [0, 0.1) is 0 Å². The first-order valence-corrected chi connectivity index (χ1v) is 7.31. The molecular weight excluding hydrogens is 254 g/mol. The smallest absolute Gasteiger partial charge is 0.128 e. The Labute approximate surface area is 121 Å². The summed E-state index contributed by atoms with van der Waals surface area (Å²) >= 11 is 0. The number of rotatable bonds is 8. The van der Waals surface area contributed by atoms with Gasteiger partial charge < -0.3 is 19.5 Å². The van der Waals surface area contributed by atoms with E-state index in [1.807, 2.05) is 31.3 Å². The Hall–Kier alpha value is -1.10. The molecule has 1 N–H and O–H groups in total. The average Bonchev–Trinajstić information content (AvgIpc) is 2.44. The lowest BCUT2D eigenvalue weighted by atomic mass is 9.85. The Morgan fingerprint density at radius 3 is 2.90 bits per heavy atom. The second-order valence-electron chi connectivity index (χ2n) is 5.20. The molecule has 1 aromatic carbocycles. The molecule has 0 saturated heterocycles. The van der Waals surface area contributed by atoms with Gasteiger partial charge in [0, 0.05) is 26.2 Å². The van der Waals surface area contributed by atoms with Crippen LogP contribution in [0.3, 0.4) is 0 Å². The van der Waals surface area contributed by atoms with Crippen molar-refractivity contribution in [1.29, 1.82) is 0 Å². The van der Waals surface area contributed by atoms with Crippen LogP contribution in [-0.4, -0.2) is 39.0 Å². The number of likely N-dealkylation sites (N-methyl/N-ethyl adjacent to an activating group) is 1. The molecule has 3 atom stereocenters. The molecule has 3 unspecified atom stereocenters. The third-order valence-electron chi connectivity index (χ3n) is 3.63. The van der Waals surface area contributed by atoms with E-state index in [1.165, 1.54) is 0 Å². The van der Waals surface area contributed by atoms with Gasteiger partial charge in [-0.05, 0) is 31.2 Å². The molecule has 0 spiro atoms. The summed E-state index contributed by atoms with van der Waals surface area (Å²) < 4.78 is 17.1. The zero-order valence-electron chi connectivity index (χ0n) is 12.6. The third-order valence-corrected chi connectivity index (χ3v) is 3.63. The largest absolute Gasteiger partial charge is 0.488 e. The first-order valence-electron chi connectivity index (χ1n) is 7.31. The van der Waals surface area contributed by atoms with Gasteiger partial charge in [-0.3, -0.25) is 0 Å². The normalized spacial score (nSPS) is 25.2. The maximum Gasteiger partial charge on any atom is 0.128 e. The van der Waals surface area contributed by atoms with Crippen LogP contribution in [0.2, 0.25) is 0 Å². The molecule has 1 aliphatic carbocycles. The quantitative estimate of drug-likeness (QED) is 0.793. The van der Waals surface area contributed by atoms with Crippen molar-refractivity contribution >= 4 is 0 Å². The number of methoxy groups -OCH3 is 1. The maximum atomic E-state index is 6.06. The van der Waals surface area contributed by atoms with Gasteiger partial charge in [-0.1, -0.05) is 19.1 Å². The van der Waals surface area contributed by atoms with Crippen molar-refractivity contribution in [2.24, 2.45) is 0 Å². The highest BCUT2D eigenvalue weighted by Crippen LogP contribution is 2.29. The maximum absolute atomic E-state index is 6.06. The molecule has 20 heavy (non-hydrogen) atoms. The number of hydrogen-bond acceptors (Lipinski definition) is 4. The standard InChI is InChI=1S/C16H25NO3/c1-4-8-19-16-14(17-2)10-15(16)20-13-7-5-6-12(9-13)11-18-3/h5-7,9,14-17H,4,8,10-11H2,1-3H3. The molecule has 0 amide bonds. The highest BCUT2D eigenvalue weighted by molar-refractivity contribution is 5.28. The summed E-state index contributed by atoms with van der Waals surface area (Å²) in [6.45, 7) is 3.51. The van der Waals surface area contributed by atoms with Crippen molar-refractivity contribution in [1.82, 2.24) is 5.32 Å². The van der Waals surface area contributed by atoms with Crippen molar-refractivity contribution in [3.63, 3.8) is 0 Å². The number of hydrogen-bond donors (Lipinski definition) is 1. The summed E-state index contributed by atoms with van der Waals surface area (Å²) in [5, 5.41) is 3.28. The Kier molecular flexibility index (Phi) is 5.83. The van der Waals surface area contributed by atoms with Gasteiger partial charge in [0.1, 0.15) is 18.0 Å². The summed E-state index contributed by atoms with van der Waals surface area (Å²) in [4.78, 5) is 0. The fourth-order valence-corrected chi connectivity index (χ4v) is 2.51. The minimum absolute atomic E-state index is 0.136. The topological polar surface area (TPSA) is 39.7 Å². The van der Waals surface area contributed by atoms with E-state index in [9.17, 15) is 0 Å². The fourth-order valence-electron chi connectivity index (χ4n) is 2.51. The molecule has 0 radical (unpaired) electrons. The van der Waals surface area contributed by atoms with E-state index in [0.717, 1.165) is 30.8 Å². The summed E-state index contributed by atoms with van der Waals surface area (Å²) in [5.74, 6) is 0.893. The Morgan fingerprint density at radius 1 is 1.35 bits per heavy atom. The Bertz CT molecular complexity index is 410. The van der Waals surface area contributed by atoms with Crippen LogP contribution in [0.4, 0.5) is 0 Å². The van der Waals surface area contributed by atoms with E-state index in [0.29, 0.717) is 12.6 Å². The monoisotopic (exact) mass is 279 g/mol. The molecule has 2 rings (SSSR count). The van der Waals surface area contributed by atoms with Crippen LogP contribution in [0.25, 0.3) is 0 Å². The Balaban J connectivity index is 1.93. The fraction of sp³-hybridized carbons (Fsp3) is 0.625. The first-order chi connectivity index (χ1) is 9.78. The van der Waals surface area contributed by atoms with E-state index in [2.05, 4.69) is 12.2 Å². The van der Waals surface area contributed by atoms with Gasteiger partial charge in [0.15, 0.2) is 0 Å². The van der Waals surface area contributed by atoms with E-state index < -0.39 is 0 Å². The van der Waals surface area contributed by atoms with Gasteiger partial charge in [0.25, 0.3) is 0 Å². The van der Waals surface area contributed by atoms with Crippen LogP contribution >= 0.6 is 0 Å². The van der Waals surface area contributed by atoms with Gasteiger partial charge in [-0.2, -0.15) is 0 Å². The lowest BCUT2D eigenvalue weighted by Crippen LogP contribution is -2.60. The molecule has 0 aromatic heterocycles. The molecule has 1 aliphatic rings. The lowest BCUT2D eigenvalue weighted by molar-refractivity contribution is -0.106. The molecule has 0 bridgehead atoms. The van der Waals surface area contributed by atoms with E-state index in [4.69, 9.17) is 14.2 Å². The average molecular weight is 279 g/mol. The van der Waals surface area contributed by atoms with Crippen molar-refractivity contribution in [3.8, 4) is 5.75 Å². The molecule has 4 heteroatoms. The van der Waals surface area contributed by atoms with Crippen molar-refractivity contribution in [3.05, 3.63) is 29.8 Å². The van der Waals surface area contributed by atoms with Crippen molar-refractivity contribution in [2.75, 3.05) is 20.8 Å². The minimum Gasteiger partial charge on any atom is -0.488 e. The number of ether oxygens (including phenoxy) is 3. The van der Waals surface area contributed by atoms with Crippen molar-refractivity contribution in [2.45, 2.75) is 44.6 Å². The van der Waals surface area contributed by atoms with E-state index in [-0.39, 0.29) is 12.2 Å². The molecule has 1 fully saturated rings. The SMILES string of the molecule is CCCOC1C(NC)CC1Oc1cccc(COC)c1. The molecule has 4 nitrogen and oxygen atoms in total. The van der Waals surface area contributed by atoms with Crippen molar-refractivity contribution < 1.29 is 14.2 Å². The summed E-state index contributed by atoms with van der Waals surface area (Å²) in [6, 6.07) is 8.46. The highest BCUT2D eigenvalue weighted by Gasteiger charge is 2.42. The molecule has 112 valence electrons. The van der Waals surface area contributed by atoms with Crippen LogP contribution in [0.1, 0.15) is 25.3 Å². The molecule has 0 heterocycles. The third kappa shape index (κ3) is 3.72. The molecule has 1 aromatic rings. The van der Waals surface area contributed by atoms with Gasteiger partial charge in [-0.15, -0.1) is 0 Å². The second kappa shape index (κ2) is 7.62. The van der Waals surface area contributed by atoms with Crippen LogP contribution in [-0.2, 0) is 16.1 Å².